The molecule has 1 N–H and O–H groups in total. The first kappa shape index (κ1) is 12.5. The molecule has 1 atom stereocenters. The summed E-state index contributed by atoms with van der Waals surface area (Å²) in [5, 5.41) is 3.47. The highest BCUT2D eigenvalue weighted by Gasteiger charge is 2.12. The zero-order valence-electron chi connectivity index (χ0n) is 10.3. The summed E-state index contributed by atoms with van der Waals surface area (Å²) in [6.07, 6.45) is 6.37. The fourth-order valence-electron chi connectivity index (χ4n) is 2.09. The van der Waals surface area contributed by atoms with Gasteiger partial charge in [-0.15, -0.1) is 0 Å². The molecule has 1 aromatic rings. The van der Waals surface area contributed by atoms with E-state index in [-0.39, 0.29) is 6.10 Å². The van der Waals surface area contributed by atoms with Crippen LogP contribution in [0.1, 0.15) is 24.0 Å². The van der Waals surface area contributed by atoms with E-state index in [1.807, 2.05) is 6.26 Å². The molecule has 1 heterocycles. The second-order valence-corrected chi connectivity index (χ2v) is 5.38. The number of halogens is 1. The van der Waals surface area contributed by atoms with Crippen molar-refractivity contribution in [3.63, 3.8) is 0 Å². The van der Waals surface area contributed by atoms with Crippen molar-refractivity contribution in [2.45, 2.75) is 32.8 Å². The molecule has 1 unspecified atom stereocenters. The highest BCUT2D eigenvalue weighted by Crippen LogP contribution is 2.28. The zero-order valence-corrected chi connectivity index (χ0v) is 11.9. The molecule has 0 saturated heterocycles. The third-order valence-corrected chi connectivity index (χ3v) is 3.59. The van der Waals surface area contributed by atoms with Crippen molar-refractivity contribution in [2.75, 3.05) is 11.9 Å². The van der Waals surface area contributed by atoms with Gasteiger partial charge in [-0.25, -0.2) is 0 Å². The Morgan fingerprint density at radius 1 is 1.41 bits per heavy atom. The van der Waals surface area contributed by atoms with Gasteiger partial charge in [0.05, 0.1) is 18.5 Å². The van der Waals surface area contributed by atoms with Gasteiger partial charge in [-0.2, -0.15) is 0 Å². The van der Waals surface area contributed by atoms with Gasteiger partial charge in [0.15, 0.2) is 0 Å². The van der Waals surface area contributed by atoms with Gasteiger partial charge in [-0.05, 0) is 65.9 Å². The number of aryl methyl sites for hydroxylation is 2. The van der Waals surface area contributed by atoms with Gasteiger partial charge in [-0.1, -0.05) is 6.07 Å². The van der Waals surface area contributed by atoms with Crippen LogP contribution in [0.5, 0.6) is 0 Å². The van der Waals surface area contributed by atoms with Crippen molar-refractivity contribution in [3.8, 4) is 0 Å². The number of anilines is 1. The average molecular weight is 296 g/mol. The summed E-state index contributed by atoms with van der Waals surface area (Å²) in [4.78, 5) is 0. The smallest absolute Gasteiger partial charge is 0.115 e. The first-order valence-corrected chi connectivity index (χ1v) is 6.77. The standard InChI is InChI=1S/C14H18BrNO/c1-10-7-11(2)14(13(15)8-10)16-9-12-5-3-4-6-17-12/h4,6-8,12,16H,3,5,9H2,1-2H3. The summed E-state index contributed by atoms with van der Waals surface area (Å²) >= 11 is 3.61. The minimum absolute atomic E-state index is 0.285. The number of allylic oxidation sites excluding steroid dienone is 1. The van der Waals surface area contributed by atoms with Crippen molar-refractivity contribution in [3.05, 3.63) is 40.1 Å². The van der Waals surface area contributed by atoms with E-state index in [0.717, 1.165) is 23.9 Å². The maximum absolute atomic E-state index is 5.54. The summed E-state index contributed by atoms with van der Waals surface area (Å²) in [5.41, 5.74) is 3.72. The molecule has 1 aliphatic rings. The SMILES string of the molecule is Cc1cc(C)c(NCC2CCC=CO2)c(Br)c1. The average Bonchev–Trinajstić information content (AvgIpc) is 2.29. The molecule has 2 nitrogen and oxygen atoms in total. The Balaban J connectivity index is 2.01. The van der Waals surface area contributed by atoms with Gasteiger partial charge in [0.1, 0.15) is 6.10 Å². The molecule has 2 rings (SSSR count). The minimum atomic E-state index is 0.285. The van der Waals surface area contributed by atoms with E-state index in [4.69, 9.17) is 4.74 Å². The summed E-state index contributed by atoms with van der Waals surface area (Å²) in [6, 6.07) is 4.33. The van der Waals surface area contributed by atoms with Crippen LogP contribution in [0.2, 0.25) is 0 Å². The predicted molar refractivity (Wildman–Crippen MR) is 75.4 cm³/mol. The third kappa shape index (κ3) is 3.25. The van der Waals surface area contributed by atoms with Crippen LogP contribution in [0.15, 0.2) is 28.9 Å². The minimum Gasteiger partial charge on any atom is -0.497 e. The first-order valence-electron chi connectivity index (χ1n) is 5.98. The highest BCUT2D eigenvalue weighted by atomic mass is 79.9. The Labute approximate surface area is 111 Å². The monoisotopic (exact) mass is 295 g/mol. The Morgan fingerprint density at radius 3 is 2.88 bits per heavy atom. The lowest BCUT2D eigenvalue weighted by atomic mass is 10.1. The van der Waals surface area contributed by atoms with E-state index in [9.17, 15) is 0 Å². The highest BCUT2D eigenvalue weighted by molar-refractivity contribution is 9.10. The van der Waals surface area contributed by atoms with Crippen LogP contribution in [0.25, 0.3) is 0 Å². The maximum Gasteiger partial charge on any atom is 0.115 e. The number of nitrogens with one attached hydrogen (secondary N) is 1. The van der Waals surface area contributed by atoms with Gasteiger partial charge < -0.3 is 10.1 Å². The summed E-state index contributed by atoms with van der Waals surface area (Å²) in [7, 11) is 0. The molecule has 0 aliphatic carbocycles. The van der Waals surface area contributed by atoms with E-state index >= 15 is 0 Å². The maximum atomic E-state index is 5.54. The van der Waals surface area contributed by atoms with E-state index in [0.29, 0.717) is 0 Å². The molecular formula is C14H18BrNO. The molecule has 92 valence electrons. The normalized spacial score (nSPS) is 18.9. The molecule has 0 fully saturated rings. The Hall–Kier alpha value is -0.960. The van der Waals surface area contributed by atoms with E-state index in [1.165, 1.54) is 16.8 Å². The number of hydrogen-bond donors (Lipinski definition) is 1. The lowest BCUT2D eigenvalue weighted by Crippen LogP contribution is -2.23. The van der Waals surface area contributed by atoms with E-state index in [2.05, 4.69) is 53.3 Å². The summed E-state index contributed by atoms with van der Waals surface area (Å²) in [6.45, 7) is 5.09. The van der Waals surface area contributed by atoms with Crippen LogP contribution in [0.4, 0.5) is 5.69 Å². The third-order valence-electron chi connectivity index (χ3n) is 2.96. The topological polar surface area (TPSA) is 21.3 Å². The van der Waals surface area contributed by atoms with Crippen molar-refractivity contribution >= 4 is 21.6 Å². The lowest BCUT2D eigenvalue weighted by Gasteiger charge is -2.21. The van der Waals surface area contributed by atoms with E-state index < -0.39 is 0 Å². The molecule has 0 radical (unpaired) electrons. The van der Waals surface area contributed by atoms with Crippen LogP contribution in [0.3, 0.4) is 0 Å². The molecule has 3 heteroatoms. The number of rotatable bonds is 3. The largest absolute Gasteiger partial charge is 0.497 e. The van der Waals surface area contributed by atoms with Gasteiger partial charge in [0.25, 0.3) is 0 Å². The molecule has 17 heavy (non-hydrogen) atoms. The van der Waals surface area contributed by atoms with Crippen molar-refractivity contribution in [2.24, 2.45) is 0 Å². The first-order chi connectivity index (χ1) is 8.16. The predicted octanol–water partition coefficient (Wildman–Crippen LogP) is 4.17. The Bertz CT molecular complexity index is 405. The van der Waals surface area contributed by atoms with Crippen molar-refractivity contribution in [1.82, 2.24) is 0 Å². The lowest BCUT2D eigenvalue weighted by molar-refractivity contribution is 0.135. The Morgan fingerprint density at radius 2 is 2.24 bits per heavy atom. The van der Waals surface area contributed by atoms with Crippen LogP contribution >= 0.6 is 15.9 Å². The molecule has 0 amide bonds. The second-order valence-electron chi connectivity index (χ2n) is 4.53. The second kappa shape index (κ2) is 5.58. The quantitative estimate of drug-likeness (QED) is 0.904. The Kier molecular flexibility index (Phi) is 4.11. The number of benzene rings is 1. The molecule has 0 bridgehead atoms. The number of ether oxygens (including phenoxy) is 1. The van der Waals surface area contributed by atoms with Crippen LogP contribution in [-0.4, -0.2) is 12.6 Å². The molecule has 0 saturated carbocycles. The molecule has 0 aromatic heterocycles. The summed E-state index contributed by atoms with van der Waals surface area (Å²) < 4.78 is 6.67. The number of hydrogen-bond acceptors (Lipinski definition) is 2. The fraction of sp³-hybridized carbons (Fsp3) is 0.429. The molecule has 1 aliphatic heterocycles. The van der Waals surface area contributed by atoms with Crippen LogP contribution < -0.4 is 5.32 Å². The van der Waals surface area contributed by atoms with Gasteiger partial charge >= 0.3 is 0 Å². The van der Waals surface area contributed by atoms with Gasteiger partial charge in [0.2, 0.25) is 0 Å². The van der Waals surface area contributed by atoms with Crippen molar-refractivity contribution in [1.29, 1.82) is 0 Å². The van der Waals surface area contributed by atoms with E-state index in [1.54, 1.807) is 0 Å². The van der Waals surface area contributed by atoms with Gasteiger partial charge in [0, 0.05) is 4.47 Å². The molecular weight excluding hydrogens is 278 g/mol. The molecule has 1 aromatic carbocycles. The fourth-order valence-corrected chi connectivity index (χ4v) is 2.90. The summed E-state index contributed by atoms with van der Waals surface area (Å²) in [5.74, 6) is 0. The molecule has 0 spiro atoms. The van der Waals surface area contributed by atoms with Gasteiger partial charge in [-0.3, -0.25) is 0 Å². The van der Waals surface area contributed by atoms with Crippen molar-refractivity contribution < 1.29 is 4.74 Å². The van der Waals surface area contributed by atoms with Crippen LogP contribution in [0, 0.1) is 13.8 Å². The zero-order chi connectivity index (χ0) is 12.3. The van der Waals surface area contributed by atoms with Crippen LogP contribution in [-0.2, 0) is 4.74 Å².